The molecule has 6 rings (SSSR count). The summed E-state index contributed by atoms with van der Waals surface area (Å²) in [4.78, 5) is 62.0. The van der Waals surface area contributed by atoms with Gasteiger partial charge in [0.05, 0.1) is 10.9 Å². The Bertz CT molecular complexity index is 2080. The standard InChI is InChI=1S/C43H61ClF2N8O8S/c1-41(2,3)61-39(57)47-15-16-50-17-19-52(20-18-50)38(56)29-7-9-30(10-8-29)43(45,46)31-25-35(44)49-36(26-31)51-21-23-53(24-22-51)63(59,60)34-13-11-33(12-14-34)54-28-32(27-37(54)55)48-40(58)62-42(4,5)6/h11-14,25-26,29-30,32H,7-10,15-24,27-28H2,1-6H3,(H,47,57)(H,48,58)/t29?,30?,32-/m1/s1. The molecule has 1 aliphatic carbocycles. The quantitative estimate of drug-likeness (QED) is 0.275. The average molecular weight is 924 g/mol. The molecule has 20 heteroatoms. The fourth-order valence-corrected chi connectivity index (χ4v) is 10.1. The largest absolute Gasteiger partial charge is 0.444 e. The smallest absolute Gasteiger partial charge is 0.407 e. The van der Waals surface area contributed by atoms with Crippen LogP contribution in [0.25, 0.3) is 0 Å². The Morgan fingerprint density at radius 1 is 0.841 bits per heavy atom. The molecule has 1 aromatic heterocycles. The van der Waals surface area contributed by atoms with Gasteiger partial charge in [0.2, 0.25) is 21.8 Å². The lowest BCUT2D eigenvalue weighted by molar-refractivity contribution is -0.141. The van der Waals surface area contributed by atoms with E-state index in [4.69, 9.17) is 21.1 Å². The van der Waals surface area contributed by atoms with Crippen LogP contribution >= 0.6 is 11.6 Å². The van der Waals surface area contributed by atoms with Crippen molar-refractivity contribution in [2.24, 2.45) is 11.8 Å². The van der Waals surface area contributed by atoms with Gasteiger partial charge in [0.25, 0.3) is 5.92 Å². The highest BCUT2D eigenvalue weighted by atomic mass is 35.5. The molecule has 4 aliphatic rings. The summed E-state index contributed by atoms with van der Waals surface area (Å²) < 4.78 is 71.7. The van der Waals surface area contributed by atoms with E-state index in [1.807, 2.05) is 4.90 Å². The molecular formula is C43H61ClF2N8O8S. The van der Waals surface area contributed by atoms with Gasteiger partial charge in [-0.3, -0.25) is 14.5 Å². The van der Waals surface area contributed by atoms with E-state index >= 15 is 8.78 Å². The monoisotopic (exact) mass is 922 g/mol. The number of hydrogen-bond donors (Lipinski definition) is 2. The first-order valence-corrected chi connectivity index (χ1v) is 23.5. The summed E-state index contributed by atoms with van der Waals surface area (Å²) in [5.41, 5.74) is -1.03. The first kappa shape index (κ1) is 48.1. The van der Waals surface area contributed by atoms with Crippen molar-refractivity contribution in [1.29, 1.82) is 0 Å². The van der Waals surface area contributed by atoms with Crippen LogP contribution in [0.1, 0.15) is 79.2 Å². The van der Waals surface area contributed by atoms with Crippen molar-refractivity contribution < 1.29 is 45.9 Å². The zero-order chi connectivity index (χ0) is 45.9. The molecule has 0 unspecified atom stereocenters. The van der Waals surface area contributed by atoms with Crippen molar-refractivity contribution in [3.8, 4) is 0 Å². The topological polar surface area (TPSA) is 174 Å². The molecule has 2 aromatic rings. The van der Waals surface area contributed by atoms with Gasteiger partial charge < -0.3 is 34.8 Å². The number of aromatic nitrogens is 1. The van der Waals surface area contributed by atoms with Gasteiger partial charge in [-0.1, -0.05) is 11.6 Å². The third-order valence-electron chi connectivity index (χ3n) is 11.7. The fraction of sp³-hybridized carbons (Fsp3) is 0.651. The van der Waals surface area contributed by atoms with Crippen LogP contribution in [0.4, 0.5) is 29.9 Å². The lowest BCUT2D eigenvalue weighted by Crippen LogP contribution is -2.52. The maximum absolute atomic E-state index is 16.2. The summed E-state index contributed by atoms with van der Waals surface area (Å²) >= 11 is 6.34. The maximum atomic E-state index is 16.2. The second-order valence-electron chi connectivity index (χ2n) is 18.7. The second kappa shape index (κ2) is 19.4. The predicted octanol–water partition coefficient (Wildman–Crippen LogP) is 5.44. The van der Waals surface area contributed by atoms with E-state index in [0.29, 0.717) is 57.8 Å². The lowest BCUT2D eigenvalue weighted by atomic mass is 9.77. The molecule has 2 N–H and O–H groups in total. The number of hydrogen-bond acceptors (Lipinski definition) is 11. The van der Waals surface area contributed by atoms with Gasteiger partial charge in [0, 0.05) is 101 Å². The predicted molar refractivity (Wildman–Crippen MR) is 233 cm³/mol. The number of amides is 4. The minimum absolute atomic E-state index is 0.00138. The molecule has 4 fully saturated rings. The molecule has 1 saturated carbocycles. The number of halogens is 3. The number of sulfonamides is 1. The molecule has 0 spiro atoms. The van der Waals surface area contributed by atoms with Crippen LogP contribution < -0.4 is 20.4 Å². The summed E-state index contributed by atoms with van der Waals surface area (Å²) in [6, 6.07) is 8.04. The van der Waals surface area contributed by atoms with Crippen molar-refractivity contribution >= 4 is 57.1 Å². The Balaban J connectivity index is 0.971. The second-order valence-corrected chi connectivity index (χ2v) is 21.1. The van der Waals surface area contributed by atoms with Crippen molar-refractivity contribution in [3.63, 3.8) is 0 Å². The Morgan fingerprint density at radius 2 is 1.44 bits per heavy atom. The number of nitrogens with zero attached hydrogens (tertiary/aromatic N) is 6. The van der Waals surface area contributed by atoms with E-state index in [9.17, 15) is 27.6 Å². The molecule has 1 atom stereocenters. The van der Waals surface area contributed by atoms with Gasteiger partial charge in [0.15, 0.2) is 0 Å². The molecule has 63 heavy (non-hydrogen) atoms. The van der Waals surface area contributed by atoms with E-state index in [1.165, 1.54) is 33.5 Å². The summed E-state index contributed by atoms with van der Waals surface area (Å²) in [5.74, 6) is -4.54. The summed E-state index contributed by atoms with van der Waals surface area (Å²) in [6.07, 6.45) is 0.0442. The van der Waals surface area contributed by atoms with Crippen LogP contribution in [0.5, 0.6) is 0 Å². The number of pyridine rings is 1. The van der Waals surface area contributed by atoms with Crippen molar-refractivity contribution in [3.05, 3.63) is 47.1 Å². The third kappa shape index (κ3) is 12.5. The first-order valence-electron chi connectivity index (χ1n) is 21.7. The average Bonchev–Trinajstić information content (AvgIpc) is 3.58. The Morgan fingerprint density at radius 3 is 2.05 bits per heavy atom. The number of nitrogens with one attached hydrogen (secondary N) is 2. The van der Waals surface area contributed by atoms with Gasteiger partial charge >= 0.3 is 12.2 Å². The Kier molecular flexibility index (Phi) is 14.8. The summed E-state index contributed by atoms with van der Waals surface area (Å²) in [7, 11) is -3.93. The number of alkyl carbamates (subject to hydrolysis) is 2. The summed E-state index contributed by atoms with van der Waals surface area (Å²) in [5, 5.41) is 5.37. The first-order chi connectivity index (χ1) is 29.5. The SMILES string of the molecule is CC(C)(C)OC(=O)NCCN1CCN(C(=O)C2CCC(C(F)(F)c3cc(Cl)nc(N4CCN(S(=O)(=O)c5ccc(N6C[C@H](NC(=O)OC(C)(C)C)CC6=O)cc5)CC4)c3)CC2)CC1. The highest BCUT2D eigenvalue weighted by Gasteiger charge is 2.45. The minimum atomic E-state index is -3.93. The number of benzene rings is 1. The highest BCUT2D eigenvalue weighted by molar-refractivity contribution is 7.89. The number of ether oxygens (including phenoxy) is 2. The summed E-state index contributed by atoms with van der Waals surface area (Å²) in [6.45, 7) is 14.8. The molecular weight excluding hydrogens is 862 g/mol. The van der Waals surface area contributed by atoms with Crippen LogP contribution in [-0.4, -0.2) is 141 Å². The molecule has 0 radical (unpaired) electrons. The Labute approximate surface area is 374 Å². The van der Waals surface area contributed by atoms with E-state index in [2.05, 4.69) is 20.5 Å². The molecule has 3 saturated heterocycles. The fourth-order valence-electron chi connectivity index (χ4n) is 8.49. The number of carbonyl (C=O) groups is 4. The van der Waals surface area contributed by atoms with Gasteiger partial charge in [-0.2, -0.15) is 4.31 Å². The number of carbonyl (C=O) groups excluding carboxylic acids is 4. The molecule has 1 aromatic carbocycles. The molecule has 16 nitrogen and oxygen atoms in total. The molecule has 4 heterocycles. The van der Waals surface area contributed by atoms with Gasteiger partial charge in [-0.15, -0.1) is 0 Å². The van der Waals surface area contributed by atoms with E-state index < -0.39 is 51.3 Å². The normalized spacial score (nSPS) is 22.2. The molecule has 4 amide bonds. The van der Waals surface area contributed by atoms with Crippen LogP contribution in [-0.2, 0) is 35.0 Å². The van der Waals surface area contributed by atoms with Gasteiger partial charge in [-0.25, -0.2) is 31.8 Å². The molecule has 0 bridgehead atoms. The van der Waals surface area contributed by atoms with Gasteiger partial charge in [-0.05, 0) is 104 Å². The molecule has 3 aliphatic heterocycles. The lowest BCUT2D eigenvalue weighted by Gasteiger charge is -2.39. The van der Waals surface area contributed by atoms with Crippen LogP contribution in [0, 0.1) is 11.8 Å². The van der Waals surface area contributed by atoms with Crippen molar-refractivity contribution in [1.82, 2.24) is 29.7 Å². The number of anilines is 2. The van der Waals surface area contributed by atoms with Crippen molar-refractivity contribution in [2.75, 3.05) is 81.8 Å². The Hall–Kier alpha value is -4.33. The number of alkyl halides is 2. The van der Waals surface area contributed by atoms with E-state index in [-0.39, 0.29) is 91.1 Å². The van der Waals surface area contributed by atoms with Crippen LogP contribution in [0.15, 0.2) is 41.3 Å². The minimum Gasteiger partial charge on any atom is -0.444 e. The number of rotatable bonds is 11. The van der Waals surface area contributed by atoms with Crippen molar-refractivity contribution in [2.45, 2.75) is 102 Å². The maximum Gasteiger partial charge on any atom is 0.407 e. The number of piperazine rings is 2. The third-order valence-corrected chi connectivity index (χ3v) is 13.8. The van der Waals surface area contributed by atoms with E-state index in [0.717, 1.165) is 0 Å². The zero-order valence-electron chi connectivity index (χ0n) is 37.0. The van der Waals surface area contributed by atoms with Crippen LogP contribution in [0.3, 0.4) is 0 Å². The van der Waals surface area contributed by atoms with Crippen LogP contribution in [0.2, 0.25) is 5.15 Å². The van der Waals surface area contributed by atoms with E-state index in [1.54, 1.807) is 58.6 Å². The molecule has 348 valence electrons. The highest BCUT2D eigenvalue weighted by Crippen LogP contribution is 2.46. The van der Waals surface area contributed by atoms with Gasteiger partial charge in [0.1, 0.15) is 22.2 Å². The zero-order valence-corrected chi connectivity index (χ0v) is 38.6.